The van der Waals surface area contributed by atoms with Crippen LogP contribution >= 0.6 is 22.9 Å². The number of carbonyl (C=O) groups is 1. The van der Waals surface area contributed by atoms with E-state index >= 15 is 0 Å². The molecule has 0 saturated heterocycles. The van der Waals surface area contributed by atoms with Crippen LogP contribution in [-0.2, 0) is 0 Å². The summed E-state index contributed by atoms with van der Waals surface area (Å²) < 4.78 is 0.954. The van der Waals surface area contributed by atoms with Gasteiger partial charge in [0.25, 0.3) is 5.91 Å². The molecule has 4 aromatic rings. The van der Waals surface area contributed by atoms with Gasteiger partial charge in [-0.3, -0.25) is 4.79 Å². The average molecular weight is 406 g/mol. The topological polar surface area (TPSA) is 57.0 Å². The number of fused-ring (bicyclic) bond motifs is 3. The quantitative estimate of drug-likeness (QED) is 0.393. The predicted molar refractivity (Wildman–Crippen MR) is 115 cm³/mol. The third-order valence-corrected chi connectivity index (χ3v) is 5.99. The van der Waals surface area contributed by atoms with E-state index in [1.165, 1.54) is 11.3 Å². The van der Waals surface area contributed by atoms with Crippen LogP contribution in [0.15, 0.2) is 54.6 Å². The molecule has 4 nitrogen and oxygen atoms in total. The lowest BCUT2D eigenvalue weighted by atomic mass is 10.1. The molecule has 0 aliphatic carbocycles. The number of hydrogen-bond donors (Lipinski definition) is 0. The van der Waals surface area contributed by atoms with Gasteiger partial charge in [-0.2, -0.15) is 5.26 Å². The van der Waals surface area contributed by atoms with Crippen molar-refractivity contribution in [1.29, 1.82) is 5.26 Å². The van der Waals surface area contributed by atoms with E-state index in [0.29, 0.717) is 16.6 Å². The lowest BCUT2D eigenvalue weighted by molar-refractivity contribution is 0.0991. The number of aromatic nitrogens is 1. The molecule has 0 aliphatic rings. The van der Waals surface area contributed by atoms with Gasteiger partial charge in [0, 0.05) is 27.7 Å². The lowest BCUT2D eigenvalue weighted by Crippen LogP contribution is -2.31. The number of thiophene rings is 1. The Morgan fingerprint density at radius 3 is 2.71 bits per heavy atom. The first-order valence-corrected chi connectivity index (χ1v) is 10.0. The summed E-state index contributed by atoms with van der Waals surface area (Å²) in [6.45, 7) is 2.36. The SMILES string of the molecule is Cc1ccc2nc(Cl)c3cc(C(=O)N(CCC#N)c4ccccc4)sc3c2c1. The molecule has 0 N–H and O–H groups in total. The number of amides is 1. The van der Waals surface area contributed by atoms with Gasteiger partial charge in [0.2, 0.25) is 0 Å². The number of pyridine rings is 1. The first kappa shape index (κ1) is 18.4. The number of halogens is 1. The van der Waals surface area contributed by atoms with Gasteiger partial charge in [-0.25, -0.2) is 4.98 Å². The van der Waals surface area contributed by atoms with Crippen molar-refractivity contribution in [3.05, 3.63) is 70.2 Å². The zero-order chi connectivity index (χ0) is 19.7. The lowest BCUT2D eigenvalue weighted by Gasteiger charge is -2.20. The molecule has 2 aromatic heterocycles. The Morgan fingerprint density at radius 1 is 1.18 bits per heavy atom. The van der Waals surface area contributed by atoms with Crippen molar-refractivity contribution in [3.63, 3.8) is 0 Å². The van der Waals surface area contributed by atoms with E-state index in [9.17, 15) is 4.79 Å². The monoisotopic (exact) mass is 405 g/mol. The molecule has 0 unspecified atom stereocenters. The van der Waals surface area contributed by atoms with Gasteiger partial charge < -0.3 is 4.90 Å². The van der Waals surface area contributed by atoms with Crippen LogP contribution in [0.25, 0.3) is 21.0 Å². The molecule has 0 radical (unpaired) electrons. The van der Waals surface area contributed by atoms with Crippen molar-refractivity contribution in [2.75, 3.05) is 11.4 Å². The molecular formula is C22H16ClN3OS. The van der Waals surface area contributed by atoms with Crippen molar-refractivity contribution in [1.82, 2.24) is 4.98 Å². The van der Waals surface area contributed by atoms with E-state index in [1.54, 1.807) is 4.90 Å². The van der Waals surface area contributed by atoms with E-state index in [4.69, 9.17) is 16.9 Å². The molecule has 0 bridgehead atoms. The first-order valence-electron chi connectivity index (χ1n) is 8.82. The molecule has 2 aromatic carbocycles. The highest BCUT2D eigenvalue weighted by Gasteiger charge is 2.21. The Morgan fingerprint density at radius 2 is 1.96 bits per heavy atom. The third-order valence-electron chi connectivity index (χ3n) is 4.54. The minimum atomic E-state index is -0.139. The second-order valence-electron chi connectivity index (χ2n) is 6.48. The average Bonchev–Trinajstić information content (AvgIpc) is 3.16. The van der Waals surface area contributed by atoms with Crippen LogP contribution in [0.2, 0.25) is 5.15 Å². The van der Waals surface area contributed by atoms with Gasteiger partial charge in [-0.1, -0.05) is 41.4 Å². The Balaban J connectivity index is 1.84. The van der Waals surface area contributed by atoms with Crippen LogP contribution in [0.5, 0.6) is 0 Å². The number of nitrogens with zero attached hydrogens (tertiary/aromatic N) is 3. The van der Waals surface area contributed by atoms with Crippen molar-refractivity contribution in [3.8, 4) is 6.07 Å². The molecule has 2 heterocycles. The fourth-order valence-corrected chi connectivity index (χ4v) is 4.62. The van der Waals surface area contributed by atoms with E-state index in [1.807, 2.05) is 55.5 Å². The summed E-state index contributed by atoms with van der Waals surface area (Å²) in [5.41, 5.74) is 2.71. The molecule has 0 saturated carbocycles. The normalized spacial score (nSPS) is 10.9. The van der Waals surface area contributed by atoms with Crippen LogP contribution in [0.3, 0.4) is 0 Å². The number of rotatable bonds is 4. The summed E-state index contributed by atoms with van der Waals surface area (Å²) in [7, 11) is 0. The molecule has 0 spiro atoms. The zero-order valence-corrected chi connectivity index (χ0v) is 16.7. The number of benzene rings is 2. The van der Waals surface area contributed by atoms with E-state index in [2.05, 4.69) is 17.1 Å². The second kappa shape index (κ2) is 7.59. The fourth-order valence-electron chi connectivity index (χ4n) is 3.20. The maximum atomic E-state index is 13.3. The number of nitriles is 1. The van der Waals surface area contributed by atoms with Crippen LogP contribution in [0.1, 0.15) is 21.7 Å². The van der Waals surface area contributed by atoms with Crippen molar-refractivity contribution in [2.24, 2.45) is 0 Å². The van der Waals surface area contributed by atoms with E-state index in [0.717, 1.165) is 32.2 Å². The summed E-state index contributed by atoms with van der Waals surface area (Å²) in [5.74, 6) is -0.139. The van der Waals surface area contributed by atoms with Crippen LogP contribution in [0.4, 0.5) is 5.69 Å². The molecule has 138 valence electrons. The summed E-state index contributed by atoms with van der Waals surface area (Å²) in [6.07, 6.45) is 0.260. The molecule has 1 amide bonds. The summed E-state index contributed by atoms with van der Waals surface area (Å²) in [5, 5.41) is 11.2. The van der Waals surface area contributed by atoms with E-state index < -0.39 is 0 Å². The molecule has 6 heteroatoms. The van der Waals surface area contributed by atoms with E-state index in [-0.39, 0.29) is 12.3 Å². The number of anilines is 1. The molecular weight excluding hydrogens is 390 g/mol. The van der Waals surface area contributed by atoms with Gasteiger partial charge in [0.1, 0.15) is 5.15 Å². The maximum absolute atomic E-state index is 13.3. The molecule has 0 fully saturated rings. The van der Waals surface area contributed by atoms with Gasteiger partial charge in [-0.05, 0) is 37.3 Å². The van der Waals surface area contributed by atoms with Crippen LogP contribution < -0.4 is 4.90 Å². The number of carbonyl (C=O) groups excluding carboxylic acids is 1. The number of para-hydroxylation sites is 1. The third kappa shape index (κ3) is 3.33. The first-order chi connectivity index (χ1) is 13.6. The van der Waals surface area contributed by atoms with Crippen molar-refractivity contribution < 1.29 is 4.79 Å². The molecule has 0 atom stereocenters. The number of hydrogen-bond acceptors (Lipinski definition) is 4. The van der Waals surface area contributed by atoms with Crippen molar-refractivity contribution >= 4 is 55.5 Å². The number of aryl methyl sites for hydroxylation is 1. The molecule has 28 heavy (non-hydrogen) atoms. The minimum Gasteiger partial charge on any atom is -0.307 e. The Labute approximate surface area is 171 Å². The van der Waals surface area contributed by atoms with Gasteiger partial charge in [0.15, 0.2) is 0 Å². The molecule has 4 rings (SSSR count). The van der Waals surface area contributed by atoms with Crippen LogP contribution in [-0.4, -0.2) is 17.4 Å². The van der Waals surface area contributed by atoms with Gasteiger partial charge in [-0.15, -0.1) is 11.3 Å². The highest BCUT2D eigenvalue weighted by Crippen LogP contribution is 2.37. The Kier molecular flexibility index (Phi) is 4.99. The summed E-state index contributed by atoms with van der Waals surface area (Å²) >= 11 is 7.82. The van der Waals surface area contributed by atoms with Gasteiger partial charge in [0.05, 0.1) is 22.9 Å². The smallest absolute Gasteiger partial charge is 0.268 e. The standard InChI is InChI=1S/C22H16ClN3OS/c1-14-8-9-18-16(12-14)20-17(21(23)25-18)13-19(28-20)22(27)26(11-5-10-24)15-6-3-2-4-7-15/h2-4,6-9,12-13H,5,11H2,1H3. The second-order valence-corrected chi connectivity index (χ2v) is 7.89. The highest BCUT2D eigenvalue weighted by atomic mass is 35.5. The Bertz CT molecular complexity index is 1230. The van der Waals surface area contributed by atoms with Crippen molar-refractivity contribution in [2.45, 2.75) is 13.3 Å². The zero-order valence-electron chi connectivity index (χ0n) is 15.1. The highest BCUT2D eigenvalue weighted by molar-refractivity contribution is 7.22. The summed E-state index contributed by atoms with van der Waals surface area (Å²) in [6, 6.07) is 19.3. The van der Waals surface area contributed by atoms with Gasteiger partial charge >= 0.3 is 0 Å². The Hall–Kier alpha value is -2.94. The maximum Gasteiger partial charge on any atom is 0.268 e. The molecule has 0 aliphatic heterocycles. The summed E-state index contributed by atoms with van der Waals surface area (Å²) in [4.78, 5) is 20.0. The van der Waals surface area contributed by atoms with Crippen LogP contribution in [0, 0.1) is 18.3 Å². The predicted octanol–water partition coefficient (Wildman–Crippen LogP) is 5.97. The largest absolute Gasteiger partial charge is 0.307 e. The fraction of sp³-hybridized carbons (Fsp3) is 0.136. The minimum absolute atomic E-state index is 0.139.